The zero-order valence-corrected chi connectivity index (χ0v) is 18.6. The third-order valence-corrected chi connectivity index (χ3v) is 5.58. The van der Waals surface area contributed by atoms with Gasteiger partial charge < -0.3 is 23.8 Å². The number of amides is 3. The maximum absolute atomic E-state index is 12.5. The summed E-state index contributed by atoms with van der Waals surface area (Å²) in [4.78, 5) is 51.0. The van der Waals surface area contributed by atoms with E-state index in [1.165, 1.54) is 13.2 Å². The number of esters is 1. The zero-order valence-electron chi connectivity index (χ0n) is 17.8. The van der Waals surface area contributed by atoms with Gasteiger partial charge in [-0.2, -0.15) is 0 Å². The van der Waals surface area contributed by atoms with Crippen LogP contribution in [0.15, 0.2) is 23.1 Å². The van der Waals surface area contributed by atoms with Crippen LogP contribution < -0.4 is 9.47 Å². The molecule has 0 aromatic heterocycles. The molecule has 32 heavy (non-hydrogen) atoms. The van der Waals surface area contributed by atoms with Crippen molar-refractivity contribution in [2.24, 2.45) is 0 Å². The number of morpholine rings is 1. The van der Waals surface area contributed by atoms with Crippen LogP contribution >= 0.6 is 11.8 Å². The van der Waals surface area contributed by atoms with Gasteiger partial charge in [-0.05, 0) is 42.5 Å². The van der Waals surface area contributed by atoms with Crippen molar-refractivity contribution in [2.45, 2.75) is 6.92 Å². The molecule has 0 aliphatic carbocycles. The number of imide groups is 1. The molecule has 0 bridgehead atoms. The number of rotatable bonds is 8. The molecule has 172 valence electrons. The van der Waals surface area contributed by atoms with E-state index in [2.05, 4.69) is 4.74 Å². The first-order valence-corrected chi connectivity index (χ1v) is 10.8. The Balaban J connectivity index is 1.71. The largest absolute Gasteiger partial charge is 0.490 e. The Bertz CT molecular complexity index is 926. The van der Waals surface area contributed by atoms with Crippen LogP contribution in [-0.4, -0.2) is 86.0 Å². The Morgan fingerprint density at radius 3 is 2.59 bits per heavy atom. The summed E-state index contributed by atoms with van der Waals surface area (Å²) in [6.45, 7) is 3.69. The molecule has 2 aliphatic rings. The van der Waals surface area contributed by atoms with Crippen molar-refractivity contribution in [3.8, 4) is 11.5 Å². The number of nitrogens with zero attached hydrogens (tertiary/aromatic N) is 2. The third-order valence-electron chi connectivity index (χ3n) is 4.67. The summed E-state index contributed by atoms with van der Waals surface area (Å²) in [6, 6.07) is 4.99. The monoisotopic (exact) mass is 464 g/mol. The van der Waals surface area contributed by atoms with E-state index in [9.17, 15) is 19.2 Å². The van der Waals surface area contributed by atoms with Crippen molar-refractivity contribution < 1.29 is 38.1 Å². The SMILES string of the molecule is CCOc1cc(/C=C2\SC(=O)N(CC(=O)OC)C2=O)ccc1OCC(=O)N1CCOCC1. The summed E-state index contributed by atoms with van der Waals surface area (Å²) in [7, 11) is 1.19. The second-order valence-corrected chi connectivity index (χ2v) is 7.76. The van der Waals surface area contributed by atoms with E-state index in [-0.39, 0.29) is 17.4 Å². The molecule has 0 atom stereocenters. The quantitative estimate of drug-likeness (QED) is 0.418. The van der Waals surface area contributed by atoms with Gasteiger partial charge in [0.15, 0.2) is 18.1 Å². The molecule has 2 heterocycles. The first-order valence-electron chi connectivity index (χ1n) is 10.00. The fourth-order valence-corrected chi connectivity index (χ4v) is 3.87. The average molecular weight is 464 g/mol. The van der Waals surface area contributed by atoms with E-state index >= 15 is 0 Å². The van der Waals surface area contributed by atoms with E-state index in [0.29, 0.717) is 50.0 Å². The van der Waals surface area contributed by atoms with Gasteiger partial charge in [0.05, 0.1) is 31.8 Å². The minimum absolute atomic E-state index is 0.133. The summed E-state index contributed by atoms with van der Waals surface area (Å²) in [6.07, 6.45) is 1.54. The Morgan fingerprint density at radius 1 is 1.16 bits per heavy atom. The summed E-state index contributed by atoms with van der Waals surface area (Å²) in [5, 5.41) is -0.543. The van der Waals surface area contributed by atoms with Crippen LogP contribution in [0, 0.1) is 0 Å². The lowest BCUT2D eigenvalue weighted by Gasteiger charge is -2.26. The van der Waals surface area contributed by atoms with Crippen LogP contribution in [0.5, 0.6) is 11.5 Å². The lowest BCUT2D eigenvalue weighted by Crippen LogP contribution is -2.43. The summed E-state index contributed by atoms with van der Waals surface area (Å²) < 4.78 is 21.1. The molecule has 11 heteroatoms. The molecule has 3 amide bonds. The number of methoxy groups -OCH3 is 1. The summed E-state index contributed by atoms with van der Waals surface area (Å²) >= 11 is 0.741. The third kappa shape index (κ3) is 5.80. The van der Waals surface area contributed by atoms with Crippen molar-refractivity contribution in [3.63, 3.8) is 0 Å². The fraction of sp³-hybridized carbons (Fsp3) is 0.429. The molecule has 2 aliphatic heterocycles. The lowest BCUT2D eigenvalue weighted by atomic mass is 10.2. The Labute approximate surface area is 189 Å². The Kier molecular flexibility index (Phi) is 8.12. The van der Waals surface area contributed by atoms with Gasteiger partial charge in [0.25, 0.3) is 17.1 Å². The number of ether oxygens (including phenoxy) is 4. The minimum atomic E-state index is -0.680. The second-order valence-electron chi connectivity index (χ2n) is 6.77. The van der Waals surface area contributed by atoms with Gasteiger partial charge in [-0.1, -0.05) is 6.07 Å². The second kappa shape index (κ2) is 11.0. The minimum Gasteiger partial charge on any atom is -0.490 e. The molecule has 1 aromatic carbocycles. The molecule has 0 spiro atoms. The molecule has 0 radical (unpaired) electrons. The molecule has 3 rings (SSSR count). The van der Waals surface area contributed by atoms with Gasteiger partial charge in [0.2, 0.25) is 0 Å². The van der Waals surface area contributed by atoms with Crippen LogP contribution in [0.2, 0.25) is 0 Å². The fourth-order valence-electron chi connectivity index (χ4n) is 3.03. The van der Waals surface area contributed by atoms with E-state index in [4.69, 9.17) is 14.2 Å². The summed E-state index contributed by atoms with van der Waals surface area (Å²) in [5.41, 5.74) is 0.601. The highest BCUT2D eigenvalue weighted by Crippen LogP contribution is 2.34. The van der Waals surface area contributed by atoms with Gasteiger partial charge in [-0.25, -0.2) is 0 Å². The highest BCUT2D eigenvalue weighted by molar-refractivity contribution is 8.18. The molecule has 2 saturated heterocycles. The number of hydrogen-bond acceptors (Lipinski definition) is 9. The standard InChI is InChI=1S/C21H24N2O8S/c1-3-30-16-10-14(11-17-20(26)23(21(27)32-17)12-19(25)28-2)4-5-15(16)31-13-18(24)22-6-8-29-9-7-22/h4-5,10-11H,3,6-9,12-13H2,1-2H3/b17-11-. The van der Waals surface area contributed by atoms with Crippen LogP contribution in [0.4, 0.5) is 4.79 Å². The van der Waals surface area contributed by atoms with E-state index in [1.54, 1.807) is 23.1 Å². The van der Waals surface area contributed by atoms with E-state index in [1.807, 2.05) is 6.92 Å². The lowest BCUT2D eigenvalue weighted by molar-refractivity contribution is -0.143. The maximum atomic E-state index is 12.5. The molecule has 10 nitrogen and oxygen atoms in total. The first-order chi connectivity index (χ1) is 15.4. The van der Waals surface area contributed by atoms with Crippen molar-refractivity contribution in [1.29, 1.82) is 0 Å². The smallest absolute Gasteiger partial charge is 0.325 e. The number of carbonyl (C=O) groups is 4. The number of thioether (sulfide) groups is 1. The van der Waals surface area contributed by atoms with E-state index in [0.717, 1.165) is 16.7 Å². The maximum Gasteiger partial charge on any atom is 0.325 e. The number of carbonyl (C=O) groups excluding carboxylic acids is 4. The highest BCUT2D eigenvalue weighted by atomic mass is 32.2. The predicted octanol–water partition coefficient (Wildman–Crippen LogP) is 1.53. The van der Waals surface area contributed by atoms with Crippen molar-refractivity contribution in [2.75, 3.05) is 53.2 Å². The molecular weight excluding hydrogens is 440 g/mol. The van der Waals surface area contributed by atoms with Gasteiger partial charge in [-0.3, -0.25) is 24.1 Å². The van der Waals surface area contributed by atoms with Crippen molar-refractivity contribution in [3.05, 3.63) is 28.7 Å². The number of hydrogen-bond donors (Lipinski definition) is 0. The van der Waals surface area contributed by atoms with Crippen molar-refractivity contribution >= 4 is 40.9 Å². The highest BCUT2D eigenvalue weighted by Gasteiger charge is 2.36. The van der Waals surface area contributed by atoms with Gasteiger partial charge in [0, 0.05) is 13.1 Å². The average Bonchev–Trinajstić information content (AvgIpc) is 3.06. The first kappa shape index (κ1) is 23.6. The topological polar surface area (TPSA) is 112 Å². The van der Waals surface area contributed by atoms with E-state index < -0.39 is 23.7 Å². The molecule has 2 fully saturated rings. The Hall–Kier alpha value is -3.05. The van der Waals surface area contributed by atoms with Crippen LogP contribution in [0.3, 0.4) is 0 Å². The van der Waals surface area contributed by atoms with Gasteiger partial charge in [-0.15, -0.1) is 0 Å². The predicted molar refractivity (Wildman–Crippen MR) is 115 cm³/mol. The van der Waals surface area contributed by atoms with Crippen molar-refractivity contribution in [1.82, 2.24) is 9.80 Å². The zero-order chi connectivity index (χ0) is 23.1. The molecule has 0 N–H and O–H groups in total. The summed E-state index contributed by atoms with van der Waals surface area (Å²) in [5.74, 6) is -0.589. The Morgan fingerprint density at radius 2 is 1.91 bits per heavy atom. The molecule has 0 unspecified atom stereocenters. The molecule has 1 aromatic rings. The van der Waals surface area contributed by atoms with Crippen LogP contribution in [0.25, 0.3) is 6.08 Å². The molecule has 0 saturated carbocycles. The van der Waals surface area contributed by atoms with Crippen LogP contribution in [0.1, 0.15) is 12.5 Å². The normalized spacial score (nSPS) is 17.6. The molecular formula is C21H24N2O8S. The van der Waals surface area contributed by atoms with Gasteiger partial charge >= 0.3 is 5.97 Å². The number of benzene rings is 1. The van der Waals surface area contributed by atoms with Gasteiger partial charge in [0.1, 0.15) is 6.54 Å². The van der Waals surface area contributed by atoms with Crippen LogP contribution in [-0.2, 0) is 23.9 Å².